The summed E-state index contributed by atoms with van der Waals surface area (Å²) in [5, 5.41) is 35.0. The highest BCUT2D eigenvalue weighted by Gasteiger charge is 2.60. The number of ether oxygens (including phenoxy) is 8. The minimum Gasteiger partial charge on any atom is -0.391 e. The lowest BCUT2D eigenvalue weighted by Crippen LogP contribution is -2.58. The number of hydrogen-bond acceptors (Lipinski definition) is 13. The predicted molar refractivity (Wildman–Crippen MR) is 202 cm³/mol. The Morgan fingerprint density at radius 1 is 0.825 bits per heavy atom. The topological polar surface area (TPSA) is 181 Å². The van der Waals surface area contributed by atoms with Crippen molar-refractivity contribution in [2.75, 3.05) is 13.7 Å². The molecule has 1 spiro atoms. The Labute approximate surface area is 335 Å². The summed E-state index contributed by atoms with van der Waals surface area (Å²) in [6.45, 7) is 8.75. The van der Waals surface area contributed by atoms with Crippen molar-refractivity contribution in [2.45, 2.75) is 212 Å². The molecule has 0 aromatic heterocycles. The zero-order chi connectivity index (χ0) is 39.6. The minimum absolute atomic E-state index is 0.00131. The Morgan fingerprint density at radius 3 is 2.42 bits per heavy atom. The van der Waals surface area contributed by atoms with E-state index >= 15 is 0 Å². The number of carbonyl (C=O) groups is 2. The van der Waals surface area contributed by atoms with Crippen molar-refractivity contribution < 1.29 is 62.8 Å². The summed E-state index contributed by atoms with van der Waals surface area (Å²) in [6, 6.07) is 0. The molecule has 8 saturated heterocycles. The van der Waals surface area contributed by atoms with Gasteiger partial charge in [-0.15, -0.1) is 0 Å². The lowest BCUT2D eigenvalue weighted by Gasteiger charge is -2.47. The summed E-state index contributed by atoms with van der Waals surface area (Å²) in [5.41, 5.74) is 0.755. The molecule has 318 valence electrons. The molecule has 1 amide bonds. The highest BCUT2D eigenvalue weighted by Crippen LogP contribution is 2.49. The highest BCUT2D eigenvalue weighted by molar-refractivity contribution is 5.87. The van der Waals surface area contributed by atoms with E-state index in [9.17, 15) is 24.9 Å². The molecule has 57 heavy (non-hydrogen) atoms. The Bertz CT molecular complexity index is 1540. The van der Waals surface area contributed by atoms with Crippen LogP contribution in [0.15, 0.2) is 24.3 Å². The number of fused-ring (bicyclic) bond motifs is 9. The smallest absolute Gasteiger partial charge is 0.252 e. The molecule has 17 atom stereocenters. The number of nitrogens with one attached hydrogen (secondary N) is 1. The van der Waals surface area contributed by atoms with Crippen LogP contribution in [0, 0.1) is 5.92 Å². The van der Waals surface area contributed by atoms with Gasteiger partial charge < -0.3 is 58.5 Å². The molecule has 8 heterocycles. The van der Waals surface area contributed by atoms with Crippen molar-refractivity contribution in [2.24, 2.45) is 5.92 Å². The number of amides is 1. The molecule has 0 aromatic rings. The molecule has 4 N–H and O–H groups in total. The fraction of sp³-hybridized carbons (Fsp3) is 0.860. The van der Waals surface area contributed by atoms with E-state index in [1.54, 1.807) is 7.11 Å². The van der Waals surface area contributed by atoms with Crippen LogP contribution in [-0.4, -0.2) is 144 Å². The van der Waals surface area contributed by atoms with Crippen LogP contribution in [0.25, 0.3) is 0 Å². The number of hydrogen-bond donors (Lipinski definition) is 4. The maximum atomic E-state index is 14.1. The maximum Gasteiger partial charge on any atom is 0.252 e. The van der Waals surface area contributed by atoms with Gasteiger partial charge in [0.05, 0.1) is 79.4 Å². The van der Waals surface area contributed by atoms with Gasteiger partial charge in [-0.1, -0.05) is 13.2 Å². The molecule has 1 aliphatic carbocycles. The average molecular weight is 802 g/mol. The fourth-order valence-electron chi connectivity index (χ4n) is 11.3. The van der Waals surface area contributed by atoms with Gasteiger partial charge in [0, 0.05) is 64.5 Å². The highest BCUT2D eigenvalue weighted by atomic mass is 16.7. The van der Waals surface area contributed by atoms with E-state index in [2.05, 4.69) is 18.5 Å². The van der Waals surface area contributed by atoms with Crippen LogP contribution in [-0.2, 0) is 47.5 Å². The normalized spacial score (nSPS) is 47.4. The number of ketones is 1. The first-order valence-corrected chi connectivity index (χ1v) is 21.8. The van der Waals surface area contributed by atoms with Gasteiger partial charge in [-0.25, -0.2) is 0 Å². The lowest BCUT2D eigenvalue weighted by atomic mass is 9.83. The van der Waals surface area contributed by atoms with Crippen LogP contribution in [0.5, 0.6) is 0 Å². The maximum absolute atomic E-state index is 14.1. The van der Waals surface area contributed by atoms with E-state index in [0.29, 0.717) is 57.8 Å². The molecule has 14 nitrogen and oxygen atoms in total. The summed E-state index contributed by atoms with van der Waals surface area (Å²) < 4.78 is 52.9. The molecule has 0 radical (unpaired) electrons. The number of carbonyl (C=O) groups excluding carboxylic acids is 2. The van der Waals surface area contributed by atoms with Gasteiger partial charge in [-0.2, -0.15) is 0 Å². The molecule has 9 fully saturated rings. The molecular formula is C43H63NO13. The average Bonchev–Trinajstić information content (AvgIpc) is 3.60. The van der Waals surface area contributed by atoms with Crippen molar-refractivity contribution in [1.82, 2.24) is 5.32 Å². The van der Waals surface area contributed by atoms with Crippen LogP contribution >= 0.6 is 0 Å². The number of Topliss-reactive ketones (excluding diaryl/α,β-unsaturated/α-hetero) is 1. The fourth-order valence-corrected chi connectivity index (χ4v) is 11.3. The van der Waals surface area contributed by atoms with Crippen LogP contribution in [0.4, 0.5) is 0 Å². The molecule has 9 rings (SSSR count). The Morgan fingerprint density at radius 2 is 1.61 bits per heavy atom. The molecule has 14 heteroatoms. The first-order chi connectivity index (χ1) is 27.4. The summed E-state index contributed by atoms with van der Waals surface area (Å²) in [6.07, 6.45) is 4.14. The Balaban J connectivity index is 0.944. The summed E-state index contributed by atoms with van der Waals surface area (Å²) in [5.74, 6) is -1.72. The second kappa shape index (κ2) is 16.2. The molecule has 9 aliphatic rings. The third kappa shape index (κ3) is 8.44. The van der Waals surface area contributed by atoms with Crippen molar-refractivity contribution >= 4 is 11.7 Å². The molecule has 8 aliphatic heterocycles. The van der Waals surface area contributed by atoms with Gasteiger partial charge >= 0.3 is 0 Å². The van der Waals surface area contributed by atoms with E-state index in [4.69, 9.17) is 37.9 Å². The summed E-state index contributed by atoms with van der Waals surface area (Å²) >= 11 is 0. The van der Waals surface area contributed by atoms with Gasteiger partial charge in [-0.3, -0.25) is 9.59 Å². The number of aliphatic hydroxyl groups excluding tert-OH is 2. The van der Waals surface area contributed by atoms with Gasteiger partial charge in [0.2, 0.25) is 0 Å². The third-order valence-electron chi connectivity index (χ3n) is 14.6. The quantitative estimate of drug-likeness (QED) is 0.289. The first kappa shape index (κ1) is 40.6. The standard InChI is InChI=1S/C43H63NO13/c1-22-4-5-26-6-8-31-23(2)14-28(52-31)10-11-43-20-30(47)39(57-43)36-19-37(56-43)40-32(54-36)9-7-27(53-40)15-24(45)16-29-34(18-33(22)51-26)55-35(38(29)50-3)17-25(46)21-44-41(48)42(49)12-13-42/h25-40,46-47,49H,1-2,4-21H2,3H3,(H,44,48)/t25-,26+,27+,28-,29-,30+,31-,32-,33+,34-,35+,36?,37+,38+,39-,40-,43+/m0/s1. The lowest BCUT2D eigenvalue weighted by molar-refractivity contribution is -0.277. The predicted octanol–water partition coefficient (Wildman–Crippen LogP) is 2.86. The Hall–Kier alpha value is -1.82. The SMILES string of the molecule is C=C1C[C@@H]2CC[C@]34C[C@@H](O)[C@H](O3)C3C[C@@H](O4)[C@H]4O[C@H](CC[C@@H]4O3)CC(=O)C[C@@H]3[C@@H](OC)[C@@H](C[C@H](O)CNC(=O)C4(O)CC4)O[C@H]3C[C@H]3O[C@H](CCC3=C)CC[C@@H]1O2. The zero-order valence-corrected chi connectivity index (χ0v) is 33.3. The molecule has 1 saturated carbocycles. The van der Waals surface area contributed by atoms with E-state index in [0.717, 1.165) is 43.3 Å². The van der Waals surface area contributed by atoms with E-state index in [1.165, 1.54) is 0 Å². The van der Waals surface area contributed by atoms with Crippen molar-refractivity contribution in [3.05, 3.63) is 24.3 Å². The van der Waals surface area contributed by atoms with Crippen molar-refractivity contribution in [1.29, 1.82) is 0 Å². The van der Waals surface area contributed by atoms with E-state index in [1.807, 2.05) is 0 Å². The van der Waals surface area contributed by atoms with E-state index in [-0.39, 0.29) is 92.4 Å². The molecular weight excluding hydrogens is 738 g/mol. The van der Waals surface area contributed by atoms with Gasteiger partial charge in [0.1, 0.15) is 23.6 Å². The number of methoxy groups -OCH3 is 1. The third-order valence-corrected chi connectivity index (χ3v) is 14.6. The largest absolute Gasteiger partial charge is 0.391 e. The minimum atomic E-state index is -1.33. The van der Waals surface area contributed by atoms with Crippen LogP contribution in [0.1, 0.15) is 109 Å². The Kier molecular flexibility index (Phi) is 11.6. The van der Waals surface area contributed by atoms with Crippen LogP contribution in [0.2, 0.25) is 0 Å². The van der Waals surface area contributed by atoms with Gasteiger partial charge in [0.15, 0.2) is 5.79 Å². The van der Waals surface area contributed by atoms with Crippen LogP contribution < -0.4 is 5.32 Å². The van der Waals surface area contributed by atoms with Crippen molar-refractivity contribution in [3.8, 4) is 0 Å². The molecule has 1 unspecified atom stereocenters. The second-order valence-corrected chi connectivity index (χ2v) is 18.7. The summed E-state index contributed by atoms with van der Waals surface area (Å²) in [4.78, 5) is 26.5. The zero-order valence-electron chi connectivity index (χ0n) is 33.3. The van der Waals surface area contributed by atoms with Gasteiger partial charge in [-0.05, 0) is 75.4 Å². The number of rotatable bonds is 6. The molecule has 10 bridgehead atoms. The van der Waals surface area contributed by atoms with Gasteiger partial charge in [0.25, 0.3) is 5.91 Å². The monoisotopic (exact) mass is 801 g/mol. The first-order valence-electron chi connectivity index (χ1n) is 21.8. The summed E-state index contributed by atoms with van der Waals surface area (Å²) in [7, 11) is 1.61. The van der Waals surface area contributed by atoms with Crippen LogP contribution in [0.3, 0.4) is 0 Å². The van der Waals surface area contributed by atoms with Crippen molar-refractivity contribution in [3.63, 3.8) is 0 Å². The van der Waals surface area contributed by atoms with E-state index < -0.39 is 53.9 Å². The number of aliphatic hydroxyl groups is 3. The molecule has 0 aromatic carbocycles. The second-order valence-electron chi connectivity index (χ2n) is 18.7.